The van der Waals surface area contributed by atoms with Gasteiger partial charge in [0.2, 0.25) is 0 Å². The molecule has 15 heavy (non-hydrogen) atoms. The summed E-state index contributed by atoms with van der Waals surface area (Å²) in [5.74, 6) is 0. The van der Waals surface area contributed by atoms with Crippen molar-refractivity contribution in [2.24, 2.45) is 0 Å². The van der Waals surface area contributed by atoms with Crippen molar-refractivity contribution in [2.75, 3.05) is 0 Å². The summed E-state index contributed by atoms with van der Waals surface area (Å²) in [6.45, 7) is 4.00. The minimum Gasteiger partial charge on any atom is -0.254 e. The number of hydrogen-bond donors (Lipinski definition) is 0. The second kappa shape index (κ2) is 3.95. The lowest BCUT2D eigenvalue weighted by atomic mass is 10.1. The molecule has 0 amide bonds. The SMILES string of the molecule is Cc1cnc(-c2ncncc2Cl)c(C)c1. The van der Waals surface area contributed by atoms with E-state index in [2.05, 4.69) is 21.0 Å². The summed E-state index contributed by atoms with van der Waals surface area (Å²) in [6, 6.07) is 2.06. The predicted octanol–water partition coefficient (Wildman–Crippen LogP) is 2.81. The summed E-state index contributed by atoms with van der Waals surface area (Å²) in [6.07, 6.45) is 4.85. The Balaban J connectivity index is 2.60. The normalized spacial score (nSPS) is 10.3. The van der Waals surface area contributed by atoms with Crippen LogP contribution in [0.15, 0.2) is 24.8 Å². The lowest BCUT2D eigenvalue weighted by Gasteiger charge is -2.05. The zero-order valence-corrected chi connectivity index (χ0v) is 9.28. The first-order valence-electron chi connectivity index (χ1n) is 4.57. The predicted molar refractivity (Wildman–Crippen MR) is 59.7 cm³/mol. The number of pyridine rings is 1. The number of aryl methyl sites for hydroxylation is 2. The van der Waals surface area contributed by atoms with Gasteiger partial charge in [-0.25, -0.2) is 9.97 Å². The third kappa shape index (κ3) is 1.97. The van der Waals surface area contributed by atoms with Gasteiger partial charge in [-0.3, -0.25) is 4.98 Å². The van der Waals surface area contributed by atoms with Gasteiger partial charge in [-0.2, -0.15) is 0 Å². The summed E-state index contributed by atoms with van der Waals surface area (Å²) in [5.41, 5.74) is 3.69. The fourth-order valence-electron chi connectivity index (χ4n) is 1.45. The molecule has 0 aliphatic rings. The van der Waals surface area contributed by atoms with E-state index in [0.717, 1.165) is 16.8 Å². The van der Waals surface area contributed by atoms with Crippen LogP contribution in [0.25, 0.3) is 11.4 Å². The molecule has 4 heteroatoms. The minimum atomic E-state index is 0.525. The van der Waals surface area contributed by atoms with Gasteiger partial charge in [-0.1, -0.05) is 17.7 Å². The van der Waals surface area contributed by atoms with E-state index in [-0.39, 0.29) is 0 Å². The summed E-state index contributed by atoms with van der Waals surface area (Å²) < 4.78 is 0. The quantitative estimate of drug-likeness (QED) is 0.740. The highest BCUT2D eigenvalue weighted by atomic mass is 35.5. The van der Waals surface area contributed by atoms with E-state index in [1.54, 1.807) is 12.4 Å². The highest BCUT2D eigenvalue weighted by molar-refractivity contribution is 6.32. The van der Waals surface area contributed by atoms with E-state index in [1.807, 2.05) is 13.8 Å². The molecule has 0 aliphatic heterocycles. The molecule has 0 radical (unpaired) electrons. The lowest BCUT2D eigenvalue weighted by Crippen LogP contribution is -1.93. The summed E-state index contributed by atoms with van der Waals surface area (Å²) in [7, 11) is 0. The molecule has 0 aromatic carbocycles. The van der Waals surface area contributed by atoms with Crippen molar-refractivity contribution < 1.29 is 0 Å². The molecule has 0 aliphatic carbocycles. The molecule has 3 nitrogen and oxygen atoms in total. The molecule has 2 rings (SSSR count). The molecule has 0 unspecified atom stereocenters. The maximum atomic E-state index is 6.01. The summed E-state index contributed by atoms with van der Waals surface area (Å²) in [5, 5.41) is 0.525. The lowest BCUT2D eigenvalue weighted by molar-refractivity contribution is 1.13. The van der Waals surface area contributed by atoms with Gasteiger partial charge in [0.1, 0.15) is 12.0 Å². The molecule has 0 N–H and O–H groups in total. The van der Waals surface area contributed by atoms with Crippen molar-refractivity contribution >= 4 is 11.6 Å². The molecule has 0 saturated carbocycles. The number of rotatable bonds is 1. The van der Waals surface area contributed by atoms with Gasteiger partial charge in [0.05, 0.1) is 10.7 Å². The van der Waals surface area contributed by atoms with Gasteiger partial charge < -0.3 is 0 Å². The van der Waals surface area contributed by atoms with E-state index in [9.17, 15) is 0 Å². The fourth-order valence-corrected chi connectivity index (χ4v) is 1.64. The van der Waals surface area contributed by atoms with E-state index < -0.39 is 0 Å². The molecule has 2 heterocycles. The molecule has 2 aromatic heterocycles. The minimum absolute atomic E-state index is 0.525. The third-order valence-corrected chi connectivity index (χ3v) is 2.38. The van der Waals surface area contributed by atoms with E-state index in [1.165, 1.54) is 6.33 Å². The number of hydrogen-bond acceptors (Lipinski definition) is 3. The van der Waals surface area contributed by atoms with Crippen LogP contribution in [0.4, 0.5) is 0 Å². The first-order valence-corrected chi connectivity index (χ1v) is 4.95. The number of aromatic nitrogens is 3. The molecule has 2 aromatic rings. The summed E-state index contributed by atoms with van der Waals surface area (Å²) >= 11 is 6.01. The molecule has 0 bridgehead atoms. The highest BCUT2D eigenvalue weighted by Crippen LogP contribution is 2.25. The average molecular weight is 220 g/mol. The van der Waals surface area contributed by atoms with Crippen molar-refractivity contribution in [3.63, 3.8) is 0 Å². The Morgan fingerprint density at radius 1 is 1.07 bits per heavy atom. The Morgan fingerprint density at radius 2 is 1.87 bits per heavy atom. The van der Waals surface area contributed by atoms with Crippen LogP contribution < -0.4 is 0 Å². The summed E-state index contributed by atoms with van der Waals surface area (Å²) in [4.78, 5) is 12.3. The first kappa shape index (κ1) is 10.1. The van der Waals surface area contributed by atoms with Crippen LogP contribution in [-0.2, 0) is 0 Å². The molecular weight excluding hydrogens is 210 g/mol. The molecule has 0 fully saturated rings. The van der Waals surface area contributed by atoms with E-state index in [4.69, 9.17) is 11.6 Å². The van der Waals surface area contributed by atoms with Crippen LogP contribution in [0, 0.1) is 13.8 Å². The van der Waals surface area contributed by atoms with Gasteiger partial charge >= 0.3 is 0 Å². The highest BCUT2D eigenvalue weighted by Gasteiger charge is 2.08. The van der Waals surface area contributed by atoms with E-state index in [0.29, 0.717) is 10.7 Å². The monoisotopic (exact) mass is 219 g/mol. The van der Waals surface area contributed by atoms with Crippen LogP contribution in [-0.4, -0.2) is 15.0 Å². The number of nitrogens with zero attached hydrogens (tertiary/aromatic N) is 3. The Labute approximate surface area is 93.2 Å². The Kier molecular flexibility index (Phi) is 2.64. The van der Waals surface area contributed by atoms with Gasteiger partial charge in [-0.05, 0) is 25.0 Å². The standard InChI is InChI=1S/C11H10ClN3/c1-7-3-8(2)10(14-4-7)11-9(12)5-13-6-15-11/h3-6H,1-2H3. The average Bonchev–Trinajstić information content (AvgIpc) is 2.20. The van der Waals surface area contributed by atoms with E-state index >= 15 is 0 Å². The Hall–Kier alpha value is -1.48. The zero-order chi connectivity index (χ0) is 10.8. The van der Waals surface area contributed by atoms with Gasteiger partial charge in [-0.15, -0.1) is 0 Å². The smallest absolute Gasteiger partial charge is 0.116 e. The second-order valence-corrected chi connectivity index (χ2v) is 3.80. The van der Waals surface area contributed by atoms with Crippen LogP contribution in [0.1, 0.15) is 11.1 Å². The maximum Gasteiger partial charge on any atom is 0.116 e. The zero-order valence-electron chi connectivity index (χ0n) is 8.53. The largest absolute Gasteiger partial charge is 0.254 e. The van der Waals surface area contributed by atoms with Crippen molar-refractivity contribution in [3.8, 4) is 11.4 Å². The van der Waals surface area contributed by atoms with Crippen molar-refractivity contribution in [2.45, 2.75) is 13.8 Å². The third-order valence-electron chi connectivity index (χ3n) is 2.11. The molecule has 76 valence electrons. The van der Waals surface area contributed by atoms with Crippen LogP contribution in [0.2, 0.25) is 5.02 Å². The molecule has 0 spiro atoms. The maximum absolute atomic E-state index is 6.01. The van der Waals surface area contributed by atoms with Gasteiger partial charge in [0.25, 0.3) is 0 Å². The van der Waals surface area contributed by atoms with Crippen LogP contribution >= 0.6 is 11.6 Å². The Morgan fingerprint density at radius 3 is 2.53 bits per heavy atom. The van der Waals surface area contributed by atoms with Crippen LogP contribution in [0.3, 0.4) is 0 Å². The van der Waals surface area contributed by atoms with Gasteiger partial charge in [0, 0.05) is 12.4 Å². The van der Waals surface area contributed by atoms with Crippen LogP contribution in [0.5, 0.6) is 0 Å². The van der Waals surface area contributed by atoms with Crippen molar-refractivity contribution in [1.82, 2.24) is 15.0 Å². The first-order chi connectivity index (χ1) is 7.18. The topological polar surface area (TPSA) is 38.7 Å². The molecular formula is C11H10ClN3. The second-order valence-electron chi connectivity index (χ2n) is 3.40. The van der Waals surface area contributed by atoms with Crippen molar-refractivity contribution in [1.29, 1.82) is 0 Å². The molecule has 0 saturated heterocycles. The molecule has 0 atom stereocenters. The fraction of sp³-hybridized carbons (Fsp3) is 0.182. The van der Waals surface area contributed by atoms with Crippen molar-refractivity contribution in [3.05, 3.63) is 40.9 Å². The van der Waals surface area contributed by atoms with Gasteiger partial charge in [0.15, 0.2) is 0 Å². The Bertz CT molecular complexity index is 497. The number of halogens is 1.